The van der Waals surface area contributed by atoms with Crippen LogP contribution in [0.1, 0.15) is 25.3 Å². The van der Waals surface area contributed by atoms with Gasteiger partial charge in [-0.2, -0.15) is 0 Å². The van der Waals surface area contributed by atoms with Crippen LogP contribution in [0.5, 0.6) is 5.75 Å². The lowest BCUT2D eigenvalue weighted by Gasteiger charge is -2.16. The molecule has 0 unspecified atom stereocenters. The molecule has 170 valence electrons. The number of hydrogen-bond acceptors (Lipinski definition) is 5. The smallest absolute Gasteiger partial charge is 0.275 e. The number of aryl methyl sites for hydroxylation is 1. The quantitative estimate of drug-likeness (QED) is 0.347. The highest BCUT2D eigenvalue weighted by atomic mass is 16.5. The lowest BCUT2D eigenvalue weighted by atomic mass is 10.0. The monoisotopic (exact) mass is 443 g/mol. The number of aromatic nitrogens is 2. The second kappa shape index (κ2) is 10.8. The Morgan fingerprint density at radius 3 is 2.67 bits per heavy atom. The molecule has 2 heterocycles. The van der Waals surface area contributed by atoms with Gasteiger partial charge >= 0.3 is 0 Å². The fourth-order valence-electron chi connectivity index (χ4n) is 3.86. The molecule has 0 saturated heterocycles. The van der Waals surface area contributed by atoms with Crippen LogP contribution in [0.15, 0.2) is 77.7 Å². The number of pyridine rings is 2. The highest BCUT2D eigenvalue weighted by Gasteiger charge is 2.17. The van der Waals surface area contributed by atoms with Crippen molar-refractivity contribution in [2.75, 3.05) is 18.9 Å². The minimum Gasteiger partial charge on any atom is -0.491 e. The summed E-state index contributed by atoms with van der Waals surface area (Å²) < 4.78 is 13.3. The normalized spacial score (nSPS) is 11.1. The van der Waals surface area contributed by atoms with Crippen molar-refractivity contribution in [3.05, 3.63) is 88.8 Å². The van der Waals surface area contributed by atoms with Crippen LogP contribution in [0, 0.1) is 0 Å². The van der Waals surface area contributed by atoms with Crippen LogP contribution in [0.2, 0.25) is 0 Å². The number of rotatable bonds is 10. The highest BCUT2D eigenvalue weighted by Crippen LogP contribution is 2.33. The average Bonchev–Trinajstić information content (AvgIpc) is 2.85. The Morgan fingerprint density at radius 2 is 1.85 bits per heavy atom. The minimum atomic E-state index is -0.203. The highest BCUT2D eigenvalue weighted by molar-refractivity contribution is 5.99. The van der Waals surface area contributed by atoms with Gasteiger partial charge in [-0.05, 0) is 41.8 Å². The van der Waals surface area contributed by atoms with E-state index < -0.39 is 0 Å². The number of benzene rings is 2. The van der Waals surface area contributed by atoms with E-state index in [9.17, 15) is 4.79 Å². The average molecular weight is 444 g/mol. The van der Waals surface area contributed by atoms with Crippen molar-refractivity contribution in [1.29, 1.82) is 0 Å². The molecule has 0 fully saturated rings. The zero-order valence-corrected chi connectivity index (χ0v) is 18.9. The number of hydrogen-bond donors (Lipinski definition) is 1. The Labute approximate surface area is 193 Å². The molecule has 4 rings (SSSR count). The number of anilines is 1. The number of nitrogens with zero attached hydrogens (tertiary/aromatic N) is 2. The Kier molecular flexibility index (Phi) is 7.37. The van der Waals surface area contributed by atoms with E-state index in [4.69, 9.17) is 15.2 Å². The number of nitrogens with two attached hydrogens (primary N) is 1. The van der Waals surface area contributed by atoms with E-state index in [0.29, 0.717) is 43.3 Å². The molecule has 0 spiro atoms. The number of nitrogen functional groups attached to an aromatic ring is 1. The summed E-state index contributed by atoms with van der Waals surface area (Å²) >= 11 is 0. The third kappa shape index (κ3) is 5.23. The predicted molar refractivity (Wildman–Crippen MR) is 132 cm³/mol. The molecule has 6 heteroatoms. The molecule has 0 aliphatic carbocycles. The first-order valence-electron chi connectivity index (χ1n) is 11.3. The second-order valence-corrected chi connectivity index (χ2v) is 7.89. The first-order valence-corrected chi connectivity index (χ1v) is 11.3. The van der Waals surface area contributed by atoms with Gasteiger partial charge in [0.1, 0.15) is 23.7 Å². The Morgan fingerprint density at radius 1 is 1.00 bits per heavy atom. The lowest BCUT2D eigenvalue weighted by Crippen LogP contribution is -2.25. The number of ether oxygens (including phenoxy) is 2. The summed E-state index contributed by atoms with van der Waals surface area (Å²) in [7, 11) is 0. The summed E-state index contributed by atoms with van der Waals surface area (Å²) in [5.41, 5.74) is 9.71. The lowest BCUT2D eigenvalue weighted by molar-refractivity contribution is 0.0889. The summed E-state index contributed by atoms with van der Waals surface area (Å²) in [6.45, 7) is 4.14. The van der Waals surface area contributed by atoms with Crippen molar-refractivity contribution < 1.29 is 9.47 Å². The van der Waals surface area contributed by atoms with E-state index in [1.54, 1.807) is 10.8 Å². The first kappa shape index (κ1) is 22.6. The van der Waals surface area contributed by atoms with Crippen LogP contribution in [-0.2, 0) is 17.9 Å². The number of unbranched alkanes of at least 4 members (excludes halogenated alkanes) is 1. The molecule has 6 nitrogen and oxygen atoms in total. The Bertz CT molecular complexity index is 1270. The summed E-state index contributed by atoms with van der Waals surface area (Å²) in [6.07, 6.45) is 3.58. The molecule has 33 heavy (non-hydrogen) atoms. The van der Waals surface area contributed by atoms with E-state index in [2.05, 4.69) is 11.9 Å². The van der Waals surface area contributed by atoms with Crippen molar-refractivity contribution in [3.63, 3.8) is 0 Å². The molecular formula is C27H29N3O3. The molecule has 2 aromatic heterocycles. The standard InChI is InChI=1S/C27H29N3O3/c1-2-3-15-30-26-23(13-8-14-29-26)24(25(28)27(30)31)21-11-7-12-22(18-21)33-17-16-32-19-20-9-5-4-6-10-20/h4-14,18H,2-3,15-17,19,28H2,1H3. The van der Waals surface area contributed by atoms with Crippen molar-refractivity contribution in [1.82, 2.24) is 9.55 Å². The van der Waals surface area contributed by atoms with Crippen molar-refractivity contribution in [3.8, 4) is 16.9 Å². The van der Waals surface area contributed by atoms with E-state index in [0.717, 1.165) is 29.4 Å². The molecular weight excluding hydrogens is 414 g/mol. The maximum atomic E-state index is 13.1. The Balaban J connectivity index is 1.54. The maximum absolute atomic E-state index is 13.1. The van der Waals surface area contributed by atoms with Crippen LogP contribution in [0.3, 0.4) is 0 Å². The number of fused-ring (bicyclic) bond motifs is 1. The summed E-state index contributed by atoms with van der Waals surface area (Å²) in [5.74, 6) is 0.697. The topological polar surface area (TPSA) is 79.4 Å². The SMILES string of the molecule is CCCCn1c(=O)c(N)c(-c2cccc(OCCOCc3ccccc3)c2)c2cccnc21. The van der Waals surface area contributed by atoms with Crippen LogP contribution in [-0.4, -0.2) is 22.8 Å². The van der Waals surface area contributed by atoms with Crippen LogP contribution < -0.4 is 16.0 Å². The van der Waals surface area contributed by atoms with E-state index in [1.165, 1.54) is 0 Å². The van der Waals surface area contributed by atoms with Crippen molar-refractivity contribution >= 4 is 16.7 Å². The van der Waals surface area contributed by atoms with Gasteiger partial charge in [0, 0.05) is 23.7 Å². The second-order valence-electron chi connectivity index (χ2n) is 7.89. The largest absolute Gasteiger partial charge is 0.491 e. The van der Waals surface area contributed by atoms with Gasteiger partial charge in [0.15, 0.2) is 0 Å². The zero-order chi connectivity index (χ0) is 23.0. The predicted octanol–water partition coefficient (Wildman–Crippen LogP) is 5.04. The molecule has 0 aliphatic rings. The van der Waals surface area contributed by atoms with Gasteiger partial charge in [-0.25, -0.2) is 4.98 Å². The molecule has 0 atom stereocenters. The minimum absolute atomic E-state index is 0.203. The maximum Gasteiger partial charge on any atom is 0.275 e. The van der Waals surface area contributed by atoms with Gasteiger partial charge in [-0.3, -0.25) is 9.36 Å². The van der Waals surface area contributed by atoms with Crippen LogP contribution in [0.4, 0.5) is 5.69 Å². The molecule has 2 N–H and O–H groups in total. The van der Waals surface area contributed by atoms with Gasteiger partial charge in [-0.15, -0.1) is 0 Å². The van der Waals surface area contributed by atoms with Gasteiger partial charge < -0.3 is 15.2 Å². The van der Waals surface area contributed by atoms with Crippen molar-refractivity contribution in [2.24, 2.45) is 0 Å². The third-order valence-corrected chi connectivity index (χ3v) is 5.52. The summed E-state index contributed by atoms with van der Waals surface area (Å²) in [6, 6.07) is 21.5. The molecule has 0 amide bonds. The Hall–Kier alpha value is -3.64. The van der Waals surface area contributed by atoms with E-state index in [1.807, 2.05) is 66.7 Å². The van der Waals surface area contributed by atoms with Gasteiger partial charge in [0.25, 0.3) is 5.56 Å². The van der Waals surface area contributed by atoms with E-state index in [-0.39, 0.29) is 11.2 Å². The molecule has 4 aromatic rings. The van der Waals surface area contributed by atoms with Gasteiger partial charge in [0.2, 0.25) is 0 Å². The molecule has 0 saturated carbocycles. The van der Waals surface area contributed by atoms with Crippen LogP contribution in [0.25, 0.3) is 22.2 Å². The molecule has 0 bridgehead atoms. The molecule has 0 aliphatic heterocycles. The fraction of sp³-hybridized carbons (Fsp3) is 0.259. The van der Waals surface area contributed by atoms with Crippen LogP contribution >= 0.6 is 0 Å². The molecule has 0 radical (unpaired) electrons. The zero-order valence-electron chi connectivity index (χ0n) is 18.9. The third-order valence-electron chi connectivity index (χ3n) is 5.52. The first-order chi connectivity index (χ1) is 16.2. The summed E-state index contributed by atoms with van der Waals surface area (Å²) in [4.78, 5) is 17.6. The van der Waals surface area contributed by atoms with Crippen molar-refractivity contribution in [2.45, 2.75) is 32.9 Å². The summed E-state index contributed by atoms with van der Waals surface area (Å²) in [5, 5.41) is 0.856. The fourth-order valence-corrected chi connectivity index (χ4v) is 3.86. The van der Waals surface area contributed by atoms with Gasteiger partial charge in [0.05, 0.1) is 13.2 Å². The molecule has 2 aromatic carbocycles. The van der Waals surface area contributed by atoms with E-state index >= 15 is 0 Å². The van der Waals surface area contributed by atoms with Gasteiger partial charge in [-0.1, -0.05) is 55.8 Å².